The van der Waals surface area contributed by atoms with E-state index in [2.05, 4.69) is 47.7 Å². The van der Waals surface area contributed by atoms with E-state index in [9.17, 15) is 5.11 Å². The molecule has 2 unspecified atom stereocenters. The lowest BCUT2D eigenvalue weighted by Crippen LogP contribution is -2.39. The molecule has 0 amide bonds. The first kappa shape index (κ1) is 20.2. The molecule has 5 heteroatoms. The molecule has 0 aromatic heterocycles. The minimum Gasteiger partial charge on any atom is -0.389 e. The summed E-state index contributed by atoms with van der Waals surface area (Å²) in [5.74, 6) is 1.46. The molecule has 0 radical (unpaired) electrons. The van der Waals surface area contributed by atoms with Gasteiger partial charge in [0, 0.05) is 13.2 Å². The van der Waals surface area contributed by atoms with Gasteiger partial charge in [0.15, 0.2) is 5.96 Å². The minimum atomic E-state index is -0.557. The summed E-state index contributed by atoms with van der Waals surface area (Å²) in [6.07, 6.45) is 6.98. The Morgan fingerprint density at radius 1 is 1.26 bits per heavy atom. The number of rotatable bonds is 9. The van der Waals surface area contributed by atoms with Crippen LogP contribution >= 0.6 is 0 Å². The van der Waals surface area contributed by atoms with Crippen LogP contribution in [0.1, 0.15) is 62.3 Å². The monoisotopic (exact) mass is 373 g/mol. The normalized spacial score (nSPS) is 19.3. The van der Waals surface area contributed by atoms with Gasteiger partial charge < -0.3 is 20.5 Å². The van der Waals surface area contributed by atoms with Crippen LogP contribution in [0.25, 0.3) is 0 Å². The highest BCUT2D eigenvalue weighted by molar-refractivity contribution is 5.80. The SMILES string of the molecule is CCNC(=NCC(O)COCC1CC1)NC(C)c1ccc2c(c1)CCCC2. The molecule has 0 heterocycles. The average molecular weight is 374 g/mol. The van der Waals surface area contributed by atoms with Crippen LogP contribution in [0.3, 0.4) is 0 Å². The predicted molar refractivity (Wildman–Crippen MR) is 110 cm³/mol. The zero-order valence-corrected chi connectivity index (χ0v) is 16.8. The molecular weight excluding hydrogens is 338 g/mol. The molecule has 2 aliphatic carbocycles. The number of nitrogens with one attached hydrogen (secondary N) is 2. The Bertz CT molecular complexity index is 628. The summed E-state index contributed by atoms with van der Waals surface area (Å²) in [4.78, 5) is 4.54. The van der Waals surface area contributed by atoms with E-state index < -0.39 is 6.10 Å². The number of benzene rings is 1. The van der Waals surface area contributed by atoms with Crippen molar-refractivity contribution in [2.45, 2.75) is 64.5 Å². The van der Waals surface area contributed by atoms with Crippen molar-refractivity contribution in [2.75, 3.05) is 26.3 Å². The Labute approximate surface area is 163 Å². The van der Waals surface area contributed by atoms with Crippen molar-refractivity contribution in [3.8, 4) is 0 Å². The number of ether oxygens (including phenoxy) is 1. The van der Waals surface area contributed by atoms with Crippen molar-refractivity contribution in [1.82, 2.24) is 10.6 Å². The Balaban J connectivity index is 1.52. The number of aliphatic imine (C=N–C) groups is 1. The summed E-state index contributed by atoms with van der Waals surface area (Å²) in [6, 6.07) is 7.02. The zero-order chi connectivity index (χ0) is 19.1. The number of fused-ring (bicyclic) bond motifs is 1. The van der Waals surface area contributed by atoms with Gasteiger partial charge in [-0.25, -0.2) is 0 Å². The first-order chi connectivity index (χ1) is 13.2. The van der Waals surface area contributed by atoms with Crippen LogP contribution < -0.4 is 10.6 Å². The van der Waals surface area contributed by atoms with E-state index in [1.165, 1.54) is 55.2 Å². The molecule has 1 aromatic rings. The molecule has 27 heavy (non-hydrogen) atoms. The maximum atomic E-state index is 10.1. The summed E-state index contributed by atoms with van der Waals surface area (Å²) >= 11 is 0. The lowest BCUT2D eigenvalue weighted by Gasteiger charge is -2.22. The highest BCUT2D eigenvalue weighted by Crippen LogP contribution is 2.28. The summed E-state index contributed by atoms with van der Waals surface area (Å²) in [5, 5.41) is 16.8. The number of guanidine groups is 1. The van der Waals surface area contributed by atoms with Crippen LogP contribution in [0.15, 0.2) is 23.2 Å². The van der Waals surface area contributed by atoms with Gasteiger partial charge in [-0.2, -0.15) is 0 Å². The summed E-state index contributed by atoms with van der Waals surface area (Å²) < 4.78 is 5.55. The first-order valence-electron chi connectivity index (χ1n) is 10.6. The van der Waals surface area contributed by atoms with Crippen LogP contribution in [0.2, 0.25) is 0 Å². The third-order valence-electron chi connectivity index (χ3n) is 5.39. The van der Waals surface area contributed by atoms with Gasteiger partial charge in [-0.05, 0) is 75.0 Å². The number of aliphatic hydroxyl groups is 1. The second-order valence-corrected chi connectivity index (χ2v) is 7.96. The molecule has 5 nitrogen and oxygen atoms in total. The Morgan fingerprint density at radius 3 is 2.78 bits per heavy atom. The Hall–Kier alpha value is -1.59. The molecular formula is C22H35N3O2. The fourth-order valence-electron chi connectivity index (χ4n) is 3.54. The average Bonchev–Trinajstić information content (AvgIpc) is 3.50. The van der Waals surface area contributed by atoms with Gasteiger partial charge in [0.2, 0.25) is 0 Å². The van der Waals surface area contributed by atoms with E-state index in [1.54, 1.807) is 0 Å². The van der Waals surface area contributed by atoms with E-state index in [-0.39, 0.29) is 6.04 Å². The number of hydrogen-bond donors (Lipinski definition) is 3. The molecule has 2 atom stereocenters. The molecule has 150 valence electrons. The van der Waals surface area contributed by atoms with Gasteiger partial charge in [0.05, 0.1) is 25.3 Å². The van der Waals surface area contributed by atoms with E-state index in [0.29, 0.717) is 13.2 Å². The quantitative estimate of drug-likeness (QED) is 0.460. The predicted octanol–water partition coefficient (Wildman–Crippen LogP) is 2.97. The van der Waals surface area contributed by atoms with E-state index >= 15 is 0 Å². The van der Waals surface area contributed by atoms with Gasteiger partial charge in [-0.3, -0.25) is 4.99 Å². The van der Waals surface area contributed by atoms with Crippen molar-refractivity contribution in [2.24, 2.45) is 10.9 Å². The maximum Gasteiger partial charge on any atom is 0.191 e. The largest absolute Gasteiger partial charge is 0.389 e. The van der Waals surface area contributed by atoms with Crippen molar-refractivity contribution >= 4 is 5.96 Å². The van der Waals surface area contributed by atoms with Crippen molar-refractivity contribution < 1.29 is 9.84 Å². The minimum absolute atomic E-state index is 0.165. The van der Waals surface area contributed by atoms with Gasteiger partial charge in [-0.15, -0.1) is 0 Å². The number of hydrogen-bond acceptors (Lipinski definition) is 3. The zero-order valence-electron chi connectivity index (χ0n) is 16.8. The van der Waals surface area contributed by atoms with Crippen LogP contribution in [0.5, 0.6) is 0 Å². The fourth-order valence-corrected chi connectivity index (χ4v) is 3.54. The molecule has 0 bridgehead atoms. The van der Waals surface area contributed by atoms with Gasteiger partial charge in [-0.1, -0.05) is 18.2 Å². The van der Waals surface area contributed by atoms with Crippen molar-refractivity contribution in [1.29, 1.82) is 0 Å². The third kappa shape index (κ3) is 6.51. The van der Waals surface area contributed by atoms with Crippen LogP contribution in [-0.2, 0) is 17.6 Å². The maximum absolute atomic E-state index is 10.1. The second-order valence-electron chi connectivity index (χ2n) is 7.96. The molecule has 0 saturated heterocycles. The van der Waals surface area contributed by atoms with E-state index in [1.807, 2.05) is 0 Å². The molecule has 0 spiro atoms. The lowest BCUT2D eigenvalue weighted by molar-refractivity contribution is 0.0368. The third-order valence-corrected chi connectivity index (χ3v) is 5.39. The van der Waals surface area contributed by atoms with Crippen LogP contribution in [0, 0.1) is 5.92 Å². The van der Waals surface area contributed by atoms with Gasteiger partial charge in [0.25, 0.3) is 0 Å². The topological polar surface area (TPSA) is 65.9 Å². The molecule has 1 aromatic carbocycles. The second kappa shape index (κ2) is 10.1. The number of aryl methyl sites for hydroxylation is 2. The smallest absolute Gasteiger partial charge is 0.191 e. The lowest BCUT2D eigenvalue weighted by atomic mass is 9.89. The van der Waals surface area contributed by atoms with Gasteiger partial charge in [0.1, 0.15) is 0 Å². The summed E-state index contributed by atoms with van der Waals surface area (Å²) in [6.45, 7) is 6.48. The molecule has 3 rings (SSSR count). The molecule has 1 fully saturated rings. The van der Waals surface area contributed by atoms with Crippen LogP contribution in [-0.4, -0.2) is 43.5 Å². The summed E-state index contributed by atoms with van der Waals surface area (Å²) in [7, 11) is 0. The number of aliphatic hydroxyl groups excluding tert-OH is 1. The number of nitrogens with zero attached hydrogens (tertiary/aromatic N) is 1. The summed E-state index contributed by atoms with van der Waals surface area (Å²) in [5.41, 5.74) is 4.29. The van der Waals surface area contributed by atoms with Crippen molar-refractivity contribution in [3.63, 3.8) is 0 Å². The molecule has 2 aliphatic rings. The van der Waals surface area contributed by atoms with Gasteiger partial charge >= 0.3 is 0 Å². The highest BCUT2D eigenvalue weighted by Gasteiger charge is 2.21. The first-order valence-corrected chi connectivity index (χ1v) is 10.6. The van der Waals surface area contributed by atoms with Crippen LogP contribution in [0.4, 0.5) is 0 Å². The Kier molecular flexibility index (Phi) is 7.53. The highest BCUT2D eigenvalue weighted by atomic mass is 16.5. The molecule has 1 saturated carbocycles. The fraction of sp³-hybridized carbons (Fsp3) is 0.682. The Morgan fingerprint density at radius 2 is 2.04 bits per heavy atom. The molecule has 3 N–H and O–H groups in total. The standard InChI is InChI=1S/C22H35N3O2/c1-3-23-22(24-13-21(26)15-27-14-17-8-9-17)25-16(2)19-11-10-18-6-4-5-7-20(18)12-19/h10-12,16-17,21,26H,3-9,13-15H2,1-2H3,(H2,23,24,25). The van der Waals surface area contributed by atoms with E-state index in [0.717, 1.165) is 25.0 Å². The van der Waals surface area contributed by atoms with Crippen molar-refractivity contribution in [3.05, 3.63) is 34.9 Å². The van der Waals surface area contributed by atoms with E-state index in [4.69, 9.17) is 4.74 Å². The molecule has 0 aliphatic heterocycles.